The lowest BCUT2D eigenvalue weighted by Gasteiger charge is -2.48. The van der Waals surface area contributed by atoms with E-state index < -0.39 is 77.7 Å². The van der Waals surface area contributed by atoms with Gasteiger partial charge in [-0.1, -0.05) is 76.4 Å². The summed E-state index contributed by atoms with van der Waals surface area (Å²) in [6.45, 7) is 9.03. The van der Waals surface area contributed by atoms with Gasteiger partial charge in [-0.25, -0.2) is 14.4 Å². The number of aliphatic hydroxyl groups is 2. The van der Waals surface area contributed by atoms with Crippen molar-refractivity contribution in [2.24, 2.45) is 5.92 Å². The standard InChI is InChI=1S/C33H44O14/c1-5-6-7-8-12-15-23(35)45-26-25(36)31(46-27(28(37)38)32(43,29(39)40)33(26,47-31)30(41)42)17-16-19(2)24(44-21(4)34)20(3)18-22-13-10-9-11-14-22/h9-11,13-14,20,24-27,36,43H,2,5-8,12,15-18H2,1,3-4H3,(H,37,38)(H,39,40)(H,41,42)/t20-,24-,25-,26-,27-,31+,32-,33+/m1/s1. The van der Waals surface area contributed by atoms with Gasteiger partial charge in [0.05, 0.1) is 0 Å². The van der Waals surface area contributed by atoms with E-state index in [1.807, 2.05) is 44.2 Å². The maximum atomic E-state index is 12.9. The lowest BCUT2D eigenvalue weighted by Crippen LogP contribution is -2.78. The van der Waals surface area contributed by atoms with Crippen molar-refractivity contribution in [3.05, 3.63) is 48.0 Å². The molecule has 260 valence electrons. The molecule has 2 aliphatic heterocycles. The van der Waals surface area contributed by atoms with E-state index in [9.17, 15) is 49.5 Å². The van der Waals surface area contributed by atoms with Gasteiger partial charge in [0.2, 0.25) is 23.1 Å². The van der Waals surface area contributed by atoms with E-state index in [1.165, 1.54) is 6.92 Å². The molecule has 3 rings (SSSR count). The quantitative estimate of drug-likeness (QED) is 0.0865. The van der Waals surface area contributed by atoms with Crippen molar-refractivity contribution in [1.29, 1.82) is 0 Å². The maximum Gasteiger partial charge on any atom is 0.344 e. The van der Waals surface area contributed by atoms with E-state index in [2.05, 4.69) is 6.58 Å². The molecule has 2 bridgehead atoms. The van der Waals surface area contributed by atoms with Crippen molar-refractivity contribution in [1.82, 2.24) is 0 Å². The summed E-state index contributed by atoms with van der Waals surface area (Å²) in [5, 5.41) is 53.3. The fourth-order valence-corrected chi connectivity index (χ4v) is 6.37. The Hall–Kier alpha value is -3.85. The highest BCUT2D eigenvalue weighted by atomic mass is 16.8. The second-order valence-corrected chi connectivity index (χ2v) is 12.2. The molecule has 47 heavy (non-hydrogen) atoms. The molecule has 0 amide bonds. The van der Waals surface area contributed by atoms with Crippen LogP contribution >= 0.6 is 0 Å². The largest absolute Gasteiger partial charge is 0.479 e. The lowest BCUT2D eigenvalue weighted by molar-refractivity contribution is -0.374. The number of carboxylic acid groups (broad SMARTS) is 3. The Morgan fingerprint density at radius 1 is 0.979 bits per heavy atom. The third-order valence-electron chi connectivity index (χ3n) is 8.75. The van der Waals surface area contributed by atoms with Crippen LogP contribution in [0.15, 0.2) is 42.5 Å². The third-order valence-corrected chi connectivity index (χ3v) is 8.75. The predicted octanol–water partition coefficient (Wildman–Crippen LogP) is 2.62. The van der Waals surface area contributed by atoms with Gasteiger partial charge in [0, 0.05) is 25.7 Å². The van der Waals surface area contributed by atoms with Crippen molar-refractivity contribution in [3.63, 3.8) is 0 Å². The SMILES string of the molecule is C=C(CC[C@]12O[C@H](C(=O)O)[C@@](O)(C(=O)O)[C@](C(=O)O)(O1)[C@H](OC(=O)CCCCCCC)[C@H]2O)[C@@H](OC(C)=O)[C@H](C)Cc1ccccc1. The summed E-state index contributed by atoms with van der Waals surface area (Å²) >= 11 is 0. The maximum absolute atomic E-state index is 12.9. The Kier molecular flexibility index (Phi) is 12.3. The highest BCUT2D eigenvalue weighted by molar-refractivity contribution is 5.98. The van der Waals surface area contributed by atoms with Crippen LogP contribution in [0.25, 0.3) is 0 Å². The van der Waals surface area contributed by atoms with Crippen molar-refractivity contribution >= 4 is 29.8 Å². The molecule has 2 saturated heterocycles. The molecule has 5 N–H and O–H groups in total. The van der Waals surface area contributed by atoms with Gasteiger partial charge < -0.3 is 44.5 Å². The van der Waals surface area contributed by atoms with E-state index in [1.54, 1.807) is 0 Å². The van der Waals surface area contributed by atoms with Crippen LogP contribution in [0, 0.1) is 5.92 Å². The molecule has 8 atom stereocenters. The molecular formula is C33H44O14. The van der Waals surface area contributed by atoms with Crippen LogP contribution in [-0.2, 0) is 49.3 Å². The first kappa shape index (κ1) is 37.6. The summed E-state index contributed by atoms with van der Waals surface area (Å²) in [6.07, 6.45) is -5.26. The van der Waals surface area contributed by atoms with E-state index in [-0.39, 0.29) is 24.3 Å². The zero-order chi connectivity index (χ0) is 35.2. The van der Waals surface area contributed by atoms with Gasteiger partial charge in [0.15, 0.2) is 6.10 Å². The van der Waals surface area contributed by atoms with E-state index in [4.69, 9.17) is 18.9 Å². The minimum absolute atomic E-state index is 0.222. The lowest BCUT2D eigenvalue weighted by atomic mass is 9.74. The molecule has 0 spiro atoms. The summed E-state index contributed by atoms with van der Waals surface area (Å²) in [6, 6.07) is 9.30. The Morgan fingerprint density at radius 2 is 1.62 bits per heavy atom. The van der Waals surface area contributed by atoms with Gasteiger partial charge in [-0.2, -0.15) is 0 Å². The van der Waals surface area contributed by atoms with Gasteiger partial charge in [-0.15, -0.1) is 0 Å². The van der Waals surface area contributed by atoms with Crippen LogP contribution in [0.3, 0.4) is 0 Å². The van der Waals surface area contributed by atoms with Gasteiger partial charge in [-0.05, 0) is 30.4 Å². The number of carboxylic acids is 3. The Morgan fingerprint density at radius 3 is 2.17 bits per heavy atom. The van der Waals surface area contributed by atoms with Crippen LogP contribution in [0.1, 0.15) is 77.7 Å². The summed E-state index contributed by atoms with van der Waals surface area (Å²) in [4.78, 5) is 62.6. The Balaban J connectivity index is 1.98. The fraction of sp³-hybridized carbons (Fsp3) is 0.606. The highest BCUT2D eigenvalue weighted by Gasteiger charge is 2.85. The van der Waals surface area contributed by atoms with Crippen molar-refractivity contribution in [3.8, 4) is 0 Å². The number of carbonyl (C=O) groups excluding carboxylic acids is 2. The third kappa shape index (κ3) is 7.51. The number of unbranched alkanes of at least 4 members (excludes halogenated alkanes) is 4. The molecule has 0 unspecified atom stereocenters. The van der Waals surface area contributed by atoms with Gasteiger partial charge in [0.25, 0.3) is 0 Å². The van der Waals surface area contributed by atoms with Gasteiger partial charge in [-0.3, -0.25) is 9.59 Å². The molecule has 14 nitrogen and oxygen atoms in total. The number of aliphatic hydroxyl groups excluding tert-OH is 1. The topological polar surface area (TPSA) is 223 Å². The molecule has 1 aromatic carbocycles. The number of ether oxygens (including phenoxy) is 4. The number of carbonyl (C=O) groups is 5. The van der Waals surface area contributed by atoms with Gasteiger partial charge in [0.1, 0.15) is 12.2 Å². The molecule has 0 aromatic heterocycles. The number of fused-ring (bicyclic) bond motifs is 2. The Bertz CT molecular complexity index is 1330. The number of hydrogen-bond acceptors (Lipinski definition) is 11. The summed E-state index contributed by atoms with van der Waals surface area (Å²) in [5.74, 6) is -11.2. The molecule has 2 aliphatic rings. The second-order valence-electron chi connectivity index (χ2n) is 12.2. The predicted molar refractivity (Wildman–Crippen MR) is 162 cm³/mol. The molecule has 0 saturated carbocycles. The number of rotatable bonds is 18. The van der Waals surface area contributed by atoms with Gasteiger partial charge >= 0.3 is 29.8 Å². The normalized spacial score (nSPS) is 29.3. The van der Waals surface area contributed by atoms with E-state index in [0.717, 1.165) is 24.8 Å². The molecule has 0 radical (unpaired) electrons. The van der Waals surface area contributed by atoms with E-state index in [0.29, 0.717) is 19.3 Å². The number of benzene rings is 1. The van der Waals surface area contributed by atoms with Crippen LogP contribution < -0.4 is 0 Å². The first-order chi connectivity index (χ1) is 22.1. The molecule has 2 heterocycles. The highest BCUT2D eigenvalue weighted by Crippen LogP contribution is 2.56. The molecule has 2 fully saturated rings. The van der Waals surface area contributed by atoms with Crippen molar-refractivity contribution in [2.75, 3.05) is 0 Å². The molecule has 14 heteroatoms. The molecule has 1 aromatic rings. The molecule has 0 aliphatic carbocycles. The fourth-order valence-electron chi connectivity index (χ4n) is 6.37. The van der Waals surface area contributed by atoms with Crippen molar-refractivity contribution in [2.45, 2.75) is 120 Å². The number of hydrogen-bond donors (Lipinski definition) is 5. The van der Waals surface area contributed by atoms with E-state index >= 15 is 0 Å². The number of aliphatic carboxylic acids is 3. The van der Waals surface area contributed by atoms with Crippen LogP contribution in [0.5, 0.6) is 0 Å². The van der Waals surface area contributed by atoms with Crippen LogP contribution in [0.4, 0.5) is 0 Å². The van der Waals surface area contributed by atoms with Crippen LogP contribution in [-0.4, -0.2) is 96.8 Å². The summed E-state index contributed by atoms with van der Waals surface area (Å²) < 4.78 is 22.0. The number of esters is 2. The second kappa shape index (κ2) is 15.4. The minimum atomic E-state index is -3.86. The average Bonchev–Trinajstić information content (AvgIpc) is 3.22. The monoisotopic (exact) mass is 664 g/mol. The first-order valence-electron chi connectivity index (χ1n) is 15.6. The zero-order valence-corrected chi connectivity index (χ0v) is 26.8. The first-order valence-corrected chi connectivity index (χ1v) is 15.6. The molecular weight excluding hydrogens is 620 g/mol. The summed E-state index contributed by atoms with van der Waals surface area (Å²) in [7, 11) is 0. The Labute approximate surface area is 272 Å². The van der Waals surface area contributed by atoms with Crippen LogP contribution in [0.2, 0.25) is 0 Å². The smallest absolute Gasteiger partial charge is 0.344 e. The minimum Gasteiger partial charge on any atom is -0.479 e. The average molecular weight is 665 g/mol. The van der Waals surface area contributed by atoms with Crippen molar-refractivity contribution < 1.29 is 68.5 Å². The zero-order valence-electron chi connectivity index (χ0n) is 26.8. The summed E-state index contributed by atoms with van der Waals surface area (Å²) in [5.41, 5.74) is -6.17.